The molecule has 3 aromatic rings. The minimum atomic E-state index is -0.315. The number of hydrogen-bond donors (Lipinski definition) is 2. The van der Waals surface area contributed by atoms with E-state index in [-0.39, 0.29) is 12.1 Å². The summed E-state index contributed by atoms with van der Waals surface area (Å²) in [7, 11) is 0. The average molecular weight is 375 g/mol. The van der Waals surface area contributed by atoms with Gasteiger partial charge in [-0.25, -0.2) is 9.78 Å². The van der Waals surface area contributed by atoms with Gasteiger partial charge < -0.3 is 15.2 Å². The normalized spacial score (nSPS) is 11.8. The van der Waals surface area contributed by atoms with Gasteiger partial charge in [0.2, 0.25) is 0 Å². The maximum atomic E-state index is 12.1. The number of nitrogens with one attached hydrogen (secondary N) is 2. The van der Waals surface area contributed by atoms with Crippen LogP contribution in [0.3, 0.4) is 0 Å². The fourth-order valence-corrected chi connectivity index (χ4v) is 2.67. The molecule has 0 spiro atoms. The molecular weight excluding hydrogens is 359 g/mol. The molecule has 128 valence electrons. The maximum absolute atomic E-state index is 12.1. The molecule has 0 bridgehead atoms. The van der Waals surface area contributed by atoms with Crippen molar-refractivity contribution in [2.75, 3.05) is 5.32 Å². The molecule has 0 radical (unpaired) electrons. The Morgan fingerprint density at radius 3 is 2.52 bits per heavy atom. The minimum absolute atomic E-state index is 0.153. The van der Waals surface area contributed by atoms with Gasteiger partial charge >= 0.3 is 6.03 Å². The Hall–Kier alpha value is -2.50. The first-order chi connectivity index (χ1) is 12.0. The van der Waals surface area contributed by atoms with Gasteiger partial charge in [-0.3, -0.25) is 0 Å². The van der Waals surface area contributed by atoms with Crippen LogP contribution in [0, 0.1) is 0 Å². The third-order valence-electron chi connectivity index (χ3n) is 3.72. The standard InChI is InChI=1S/C18H16Cl2N4O/c1-12(13-2-5-15(6-3-13)24-9-8-21-11-24)22-18(25)23-14-4-7-16(19)17(20)10-14/h2-12H,1H3,(H2,22,23,25)/t12-/m1/s1. The number of amides is 2. The topological polar surface area (TPSA) is 59.0 Å². The molecule has 0 unspecified atom stereocenters. The molecule has 5 nitrogen and oxygen atoms in total. The molecule has 0 fully saturated rings. The highest BCUT2D eigenvalue weighted by Crippen LogP contribution is 2.25. The van der Waals surface area contributed by atoms with E-state index in [2.05, 4.69) is 15.6 Å². The monoisotopic (exact) mass is 374 g/mol. The molecule has 0 saturated heterocycles. The summed E-state index contributed by atoms with van der Waals surface area (Å²) in [5, 5.41) is 6.46. The van der Waals surface area contributed by atoms with Crippen molar-refractivity contribution >= 4 is 34.9 Å². The molecule has 7 heteroatoms. The van der Waals surface area contributed by atoms with Crippen LogP contribution in [0.1, 0.15) is 18.5 Å². The third-order valence-corrected chi connectivity index (χ3v) is 4.46. The highest BCUT2D eigenvalue weighted by molar-refractivity contribution is 6.42. The summed E-state index contributed by atoms with van der Waals surface area (Å²) in [5.41, 5.74) is 2.58. The summed E-state index contributed by atoms with van der Waals surface area (Å²) in [5.74, 6) is 0. The van der Waals surface area contributed by atoms with Gasteiger partial charge in [0.15, 0.2) is 0 Å². The van der Waals surface area contributed by atoms with Crippen LogP contribution in [-0.2, 0) is 0 Å². The second kappa shape index (κ2) is 7.59. The van der Waals surface area contributed by atoms with E-state index in [0.29, 0.717) is 15.7 Å². The number of rotatable bonds is 4. The molecule has 1 aromatic heterocycles. The lowest BCUT2D eigenvalue weighted by atomic mass is 10.1. The summed E-state index contributed by atoms with van der Waals surface area (Å²) < 4.78 is 1.92. The lowest BCUT2D eigenvalue weighted by Crippen LogP contribution is -2.31. The smallest absolute Gasteiger partial charge is 0.319 e. The zero-order valence-corrected chi connectivity index (χ0v) is 14.9. The first-order valence-electron chi connectivity index (χ1n) is 7.64. The van der Waals surface area contributed by atoms with Crippen molar-refractivity contribution in [2.45, 2.75) is 13.0 Å². The Morgan fingerprint density at radius 2 is 1.88 bits per heavy atom. The lowest BCUT2D eigenvalue weighted by molar-refractivity contribution is 0.249. The van der Waals surface area contributed by atoms with Crippen molar-refractivity contribution in [3.8, 4) is 5.69 Å². The van der Waals surface area contributed by atoms with Gasteiger partial charge in [0.25, 0.3) is 0 Å². The summed E-state index contributed by atoms with van der Waals surface area (Å²) in [4.78, 5) is 16.2. The first kappa shape index (κ1) is 17.3. The Bertz CT molecular complexity index is 863. The Labute approximate surface area is 155 Å². The molecule has 0 aliphatic rings. The zero-order valence-electron chi connectivity index (χ0n) is 13.4. The van der Waals surface area contributed by atoms with E-state index < -0.39 is 0 Å². The molecule has 25 heavy (non-hydrogen) atoms. The molecule has 0 saturated carbocycles. The fraction of sp³-hybridized carbons (Fsp3) is 0.111. The van der Waals surface area contributed by atoms with Crippen molar-refractivity contribution in [3.63, 3.8) is 0 Å². The van der Waals surface area contributed by atoms with E-state index in [9.17, 15) is 4.79 Å². The van der Waals surface area contributed by atoms with Gasteiger partial charge in [0.1, 0.15) is 0 Å². The predicted molar refractivity (Wildman–Crippen MR) is 101 cm³/mol. The van der Waals surface area contributed by atoms with Gasteiger partial charge in [-0.15, -0.1) is 0 Å². The van der Waals surface area contributed by atoms with Crippen LogP contribution >= 0.6 is 23.2 Å². The minimum Gasteiger partial charge on any atom is -0.331 e. The van der Waals surface area contributed by atoms with Crippen LogP contribution in [0.15, 0.2) is 61.2 Å². The van der Waals surface area contributed by atoms with Gasteiger partial charge in [-0.05, 0) is 42.8 Å². The van der Waals surface area contributed by atoms with Gasteiger partial charge in [0, 0.05) is 23.8 Å². The largest absolute Gasteiger partial charge is 0.331 e. The quantitative estimate of drug-likeness (QED) is 0.670. The van der Waals surface area contributed by atoms with Gasteiger partial charge in [-0.2, -0.15) is 0 Å². The summed E-state index contributed by atoms with van der Waals surface area (Å²) in [6.45, 7) is 1.92. The van der Waals surface area contributed by atoms with Crippen molar-refractivity contribution in [1.29, 1.82) is 0 Å². The molecular formula is C18H16Cl2N4O. The Kier molecular flexibility index (Phi) is 5.26. The number of anilines is 1. The van der Waals surface area contributed by atoms with Crippen molar-refractivity contribution in [2.24, 2.45) is 0 Å². The van der Waals surface area contributed by atoms with Crippen molar-refractivity contribution in [3.05, 3.63) is 76.8 Å². The van der Waals surface area contributed by atoms with Crippen LogP contribution in [-0.4, -0.2) is 15.6 Å². The van der Waals surface area contributed by atoms with E-state index in [1.807, 2.05) is 42.0 Å². The lowest BCUT2D eigenvalue weighted by Gasteiger charge is -2.16. The molecule has 2 N–H and O–H groups in total. The van der Waals surface area contributed by atoms with Gasteiger partial charge in [0.05, 0.1) is 22.4 Å². The second-order valence-corrected chi connectivity index (χ2v) is 6.32. The number of carbonyl (C=O) groups is 1. The van der Waals surface area contributed by atoms with Crippen LogP contribution in [0.4, 0.5) is 10.5 Å². The molecule has 1 heterocycles. The molecule has 3 rings (SSSR count). The average Bonchev–Trinajstić information content (AvgIpc) is 3.13. The highest BCUT2D eigenvalue weighted by Gasteiger charge is 2.10. The number of carbonyl (C=O) groups excluding carboxylic acids is 1. The number of imidazole rings is 1. The first-order valence-corrected chi connectivity index (χ1v) is 8.39. The number of benzene rings is 2. The Balaban J connectivity index is 1.62. The predicted octanol–water partition coefficient (Wildman–Crippen LogP) is 5.06. The highest BCUT2D eigenvalue weighted by atomic mass is 35.5. The number of urea groups is 1. The molecule has 2 amide bonds. The molecule has 2 aromatic carbocycles. The summed E-state index contributed by atoms with van der Waals surface area (Å²) in [6, 6.07) is 12.4. The van der Waals surface area contributed by atoms with Crippen molar-refractivity contribution < 1.29 is 4.79 Å². The number of aromatic nitrogens is 2. The van der Waals surface area contributed by atoms with Gasteiger partial charge in [-0.1, -0.05) is 35.3 Å². The van der Waals surface area contributed by atoms with Crippen LogP contribution < -0.4 is 10.6 Å². The Morgan fingerprint density at radius 1 is 1.12 bits per heavy atom. The maximum Gasteiger partial charge on any atom is 0.319 e. The third kappa shape index (κ3) is 4.32. The molecule has 1 atom stereocenters. The summed E-state index contributed by atoms with van der Waals surface area (Å²) in [6.07, 6.45) is 5.34. The van der Waals surface area contributed by atoms with Crippen molar-refractivity contribution in [1.82, 2.24) is 14.9 Å². The van der Waals surface area contributed by atoms with E-state index in [0.717, 1.165) is 11.3 Å². The second-order valence-electron chi connectivity index (χ2n) is 5.51. The van der Waals surface area contributed by atoms with E-state index >= 15 is 0 Å². The van der Waals surface area contributed by atoms with Crippen LogP contribution in [0.25, 0.3) is 5.69 Å². The van der Waals surface area contributed by atoms with E-state index in [1.54, 1.807) is 30.7 Å². The van der Waals surface area contributed by atoms with Crippen LogP contribution in [0.5, 0.6) is 0 Å². The zero-order chi connectivity index (χ0) is 17.8. The fourth-order valence-electron chi connectivity index (χ4n) is 2.37. The SMILES string of the molecule is C[C@@H](NC(=O)Nc1ccc(Cl)c(Cl)c1)c1ccc(-n2ccnc2)cc1. The van der Waals surface area contributed by atoms with Crippen LogP contribution in [0.2, 0.25) is 10.0 Å². The van der Waals surface area contributed by atoms with E-state index in [1.165, 1.54) is 0 Å². The number of hydrogen-bond acceptors (Lipinski definition) is 2. The molecule has 0 aliphatic carbocycles. The van der Waals surface area contributed by atoms with E-state index in [4.69, 9.17) is 23.2 Å². The summed E-state index contributed by atoms with van der Waals surface area (Å²) >= 11 is 11.8. The molecule has 0 aliphatic heterocycles. The number of halogens is 2. The number of nitrogens with zero attached hydrogens (tertiary/aromatic N) is 2.